The van der Waals surface area contributed by atoms with Crippen LogP contribution in [0, 0.1) is 0 Å². The highest BCUT2D eigenvalue weighted by Crippen LogP contribution is 2.26. The molecule has 3 heterocycles. The lowest BCUT2D eigenvalue weighted by atomic mass is 10.2. The third kappa shape index (κ3) is 2.36. The lowest BCUT2D eigenvalue weighted by Crippen LogP contribution is -2.19. The number of ether oxygens (including phenoxy) is 1. The summed E-state index contributed by atoms with van der Waals surface area (Å²) < 4.78 is 5.56. The number of nitrogens with zero attached hydrogens (tertiary/aromatic N) is 2. The highest BCUT2D eigenvalue weighted by molar-refractivity contribution is 7.16. The molecule has 1 aliphatic rings. The maximum Gasteiger partial charge on any atom is 0.225 e. The first-order chi connectivity index (χ1) is 8.33. The van der Waals surface area contributed by atoms with E-state index < -0.39 is 0 Å². The summed E-state index contributed by atoms with van der Waals surface area (Å²) in [4.78, 5) is 9.32. The average Bonchev–Trinajstić information content (AvgIpc) is 2.95. The Balaban J connectivity index is 1.81. The summed E-state index contributed by atoms with van der Waals surface area (Å²) in [6, 6.07) is 2.01. The molecule has 3 rings (SSSR count). The molecule has 0 aliphatic carbocycles. The van der Waals surface area contributed by atoms with Crippen molar-refractivity contribution in [2.24, 2.45) is 0 Å². The normalized spacial score (nSPS) is 19.9. The van der Waals surface area contributed by atoms with Crippen LogP contribution in [0.2, 0.25) is 5.28 Å². The molecule has 1 unspecified atom stereocenters. The maximum absolute atomic E-state index is 5.89. The van der Waals surface area contributed by atoms with Gasteiger partial charge in [0.2, 0.25) is 5.28 Å². The smallest absolute Gasteiger partial charge is 0.225 e. The van der Waals surface area contributed by atoms with Gasteiger partial charge in [-0.1, -0.05) is 0 Å². The summed E-state index contributed by atoms with van der Waals surface area (Å²) >= 11 is 7.46. The molecule has 1 N–H and O–H groups in total. The molecular formula is C11H12ClN3OS. The molecule has 1 saturated heterocycles. The fourth-order valence-electron chi connectivity index (χ4n) is 1.98. The van der Waals surface area contributed by atoms with E-state index in [1.54, 1.807) is 11.3 Å². The number of halogens is 1. The van der Waals surface area contributed by atoms with Crippen LogP contribution in [-0.4, -0.2) is 29.2 Å². The Morgan fingerprint density at radius 1 is 1.53 bits per heavy atom. The van der Waals surface area contributed by atoms with Crippen molar-refractivity contribution in [1.82, 2.24) is 9.97 Å². The molecule has 0 spiro atoms. The molecule has 90 valence electrons. The Morgan fingerprint density at radius 3 is 3.29 bits per heavy atom. The zero-order valence-electron chi connectivity index (χ0n) is 9.15. The van der Waals surface area contributed by atoms with E-state index in [0.29, 0.717) is 0 Å². The molecule has 0 amide bonds. The van der Waals surface area contributed by atoms with Gasteiger partial charge in [-0.3, -0.25) is 0 Å². The Bertz CT molecular complexity index is 524. The molecule has 1 fully saturated rings. The number of rotatable bonds is 3. The number of nitrogens with one attached hydrogen (secondary N) is 1. The molecule has 1 atom stereocenters. The lowest BCUT2D eigenvalue weighted by Gasteiger charge is -2.11. The molecule has 1 aliphatic heterocycles. The summed E-state index contributed by atoms with van der Waals surface area (Å²) in [5.41, 5.74) is 0. The summed E-state index contributed by atoms with van der Waals surface area (Å²) in [5.74, 6) is 0.803. The first-order valence-corrected chi connectivity index (χ1v) is 6.85. The molecule has 2 aromatic heterocycles. The van der Waals surface area contributed by atoms with Crippen LogP contribution in [0.25, 0.3) is 10.2 Å². The summed E-state index contributed by atoms with van der Waals surface area (Å²) in [5, 5.41) is 6.61. The van der Waals surface area contributed by atoms with Crippen LogP contribution in [-0.2, 0) is 4.74 Å². The number of fused-ring (bicyclic) bond motifs is 1. The van der Waals surface area contributed by atoms with Gasteiger partial charge in [0, 0.05) is 13.2 Å². The highest BCUT2D eigenvalue weighted by atomic mass is 35.5. The monoisotopic (exact) mass is 269 g/mol. The Hall–Kier alpha value is -0.910. The van der Waals surface area contributed by atoms with Gasteiger partial charge in [0.1, 0.15) is 10.6 Å². The van der Waals surface area contributed by atoms with E-state index in [1.807, 2.05) is 11.4 Å². The van der Waals surface area contributed by atoms with Crippen molar-refractivity contribution < 1.29 is 4.74 Å². The number of hydrogen-bond acceptors (Lipinski definition) is 5. The predicted molar refractivity (Wildman–Crippen MR) is 69.9 cm³/mol. The van der Waals surface area contributed by atoms with Gasteiger partial charge in [-0.05, 0) is 35.9 Å². The molecule has 6 heteroatoms. The van der Waals surface area contributed by atoms with Crippen LogP contribution in [0.5, 0.6) is 0 Å². The Labute approximate surface area is 108 Å². The fraction of sp³-hybridized carbons (Fsp3) is 0.455. The molecule has 17 heavy (non-hydrogen) atoms. The standard InChI is InChI=1S/C11H12ClN3OS/c12-11-14-9(8-3-5-17-10(8)15-11)13-6-7-2-1-4-16-7/h3,5,7H,1-2,4,6H2,(H,13,14,15). The Kier molecular flexibility index (Phi) is 3.13. The van der Waals surface area contributed by atoms with Crippen LogP contribution in [0.15, 0.2) is 11.4 Å². The topological polar surface area (TPSA) is 47.0 Å². The van der Waals surface area contributed by atoms with Crippen molar-refractivity contribution in [2.45, 2.75) is 18.9 Å². The van der Waals surface area contributed by atoms with E-state index in [2.05, 4.69) is 15.3 Å². The Morgan fingerprint density at radius 2 is 2.47 bits per heavy atom. The van der Waals surface area contributed by atoms with Crippen LogP contribution in [0.1, 0.15) is 12.8 Å². The number of aromatic nitrogens is 2. The molecule has 0 aromatic carbocycles. The van der Waals surface area contributed by atoms with Crippen LogP contribution < -0.4 is 5.32 Å². The van der Waals surface area contributed by atoms with E-state index in [9.17, 15) is 0 Å². The van der Waals surface area contributed by atoms with Gasteiger partial charge >= 0.3 is 0 Å². The third-order valence-corrected chi connectivity index (χ3v) is 3.79. The second-order valence-electron chi connectivity index (χ2n) is 4.00. The predicted octanol–water partition coefficient (Wildman–Crippen LogP) is 2.94. The molecular weight excluding hydrogens is 258 g/mol. The van der Waals surface area contributed by atoms with E-state index in [4.69, 9.17) is 16.3 Å². The minimum Gasteiger partial charge on any atom is -0.376 e. The first kappa shape index (κ1) is 11.2. The zero-order valence-corrected chi connectivity index (χ0v) is 10.7. The summed E-state index contributed by atoms with van der Waals surface area (Å²) in [6.45, 7) is 1.64. The largest absolute Gasteiger partial charge is 0.376 e. The van der Waals surface area contributed by atoms with Crippen molar-refractivity contribution in [3.63, 3.8) is 0 Å². The van der Waals surface area contributed by atoms with Crippen molar-refractivity contribution in [3.05, 3.63) is 16.7 Å². The number of hydrogen-bond donors (Lipinski definition) is 1. The quantitative estimate of drug-likeness (QED) is 0.871. The van der Waals surface area contributed by atoms with Gasteiger partial charge < -0.3 is 10.1 Å². The summed E-state index contributed by atoms with van der Waals surface area (Å²) in [6.07, 6.45) is 2.54. The van der Waals surface area contributed by atoms with Crippen molar-refractivity contribution in [3.8, 4) is 0 Å². The third-order valence-electron chi connectivity index (χ3n) is 2.82. The second-order valence-corrected chi connectivity index (χ2v) is 5.23. The number of anilines is 1. The van der Waals surface area contributed by atoms with Crippen molar-refractivity contribution in [2.75, 3.05) is 18.5 Å². The second kappa shape index (κ2) is 4.76. The molecule has 0 saturated carbocycles. The fourth-order valence-corrected chi connectivity index (χ4v) is 2.96. The van der Waals surface area contributed by atoms with Gasteiger partial charge in [-0.25, -0.2) is 9.97 Å². The van der Waals surface area contributed by atoms with Crippen LogP contribution in [0.4, 0.5) is 5.82 Å². The number of thiophene rings is 1. The molecule has 4 nitrogen and oxygen atoms in total. The van der Waals surface area contributed by atoms with Crippen LogP contribution in [0.3, 0.4) is 0 Å². The van der Waals surface area contributed by atoms with Gasteiger partial charge in [0.15, 0.2) is 0 Å². The molecule has 0 radical (unpaired) electrons. The van der Waals surface area contributed by atoms with E-state index in [1.165, 1.54) is 0 Å². The minimum atomic E-state index is 0.287. The highest BCUT2D eigenvalue weighted by Gasteiger charge is 2.16. The average molecular weight is 270 g/mol. The minimum absolute atomic E-state index is 0.287. The first-order valence-electron chi connectivity index (χ1n) is 5.59. The van der Waals surface area contributed by atoms with Gasteiger partial charge in [-0.2, -0.15) is 0 Å². The lowest BCUT2D eigenvalue weighted by molar-refractivity contribution is 0.120. The van der Waals surface area contributed by atoms with Crippen molar-refractivity contribution >= 4 is 39.0 Å². The molecule has 0 bridgehead atoms. The zero-order chi connectivity index (χ0) is 11.7. The van der Waals surface area contributed by atoms with Gasteiger partial charge in [0.25, 0.3) is 0 Å². The van der Waals surface area contributed by atoms with E-state index in [0.717, 1.165) is 42.0 Å². The van der Waals surface area contributed by atoms with Crippen molar-refractivity contribution in [1.29, 1.82) is 0 Å². The van der Waals surface area contributed by atoms with Gasteiger partial charge in [0.05, 0.1) is 11.5 Å². The van der Waals surface area contributed by atoms with E-state index in [-0.39, 0.29) is 11.4 Å². The molecule has 2 aromatic rings. The summed E-state index contributed by atoms with van der Waals surface area (Å²) in [7, 11) is 0. The van der Waals surface area contributed by atoms with Gasteiger partial charge in [-0.15, -0.1) is 11.3 Å². The van der Waals surface area contributed by atoms with Crippen LogP contribution >= 0.6 is 22.9 Å². The SMILES string of the molecule is Clc1nc(NCC2CCCO2)c2ccsc2n1. The maximum atomic E-state index is 5.89. The van der Waals surface area contributed by atoms with E-state index >= 15 is 0 Å².